The minimum absolute atomic E-state index is 0.0262. The Kier molecular flexibility index (Phi) is 4.89. The van der Waals surface area contributed by atoms with Gasteiger partial charge in [-0.1, -0.05) is 19.9 Å². The predicted molar refractivity (Wildman–Crippen MR) is 87.6 cm³/mol. The molecule has 21 heavy (non-hydrogen) atoms. The van der Waals surface area contributed by atoms with E-state index in [4.69, 9.17) is 0 Å². The van der Waals surface area contributed by atoms with Crippen LogP contribution < -0.4 is 4.90 Å². The van der Waals surface area contributed by atoms with Gasteiger partial charge in [-0.3, -0.25) is 4.90 Å². The molecule has 2 rings (SSSR count). The number of piperazine rings is 1. The van der Waals surface area contributed by atoms with Crippen molar-refractivity contribution in [2.45, 2.75) is 39.7 Å². The maximum Gasteiger partial charge on any atom is 0.128 e. The molecule has 4 heteroatoms. The summed E-state index contributed by atoms with van der Waals surface area (Å²) in [6, 6.07) is 6.08. The van der Waals surface area contributed by atoms with Crippen molar-refractivity contribution >= 4 is 5.82 Å². The Hall–Kier alpha value is -1.13. The molecule has 0 bridgehead atoms. The number of aliphatic hydroxyl groups is 1. The van der Waals surface area contributed by atoms with Crippen molar-refractivity contribution in [2.75, 3.05) is 37.7 Å². The fraction of sp³-hybridized carbons (Fsp3) is 0.706. The standard InChI is InChI=1S/C17H29N3O/c1-16(2,14-21)13-17(3,4)20-11-9-19(10-12-20)15-7-5-6-8-18-15/h5-8,21H,9-14H2,1-4H3. The van der Waals surface area contributed by atoms with Crippen LogP contribution in [0.4, 0.5) is 5.82 Å². The van der Waals surface area contributed by atoms with Crippen LogP contribution in [-0.4, -0.2) is 53.3 Å². The van der Waals surface area contributed by atoms with Crippen molar-refractivity contribution in [1.82, 2.24) is 9.88 Å². The second-order valence-corrected chi connectivity index (χ2v) is 7.47. The van der Waals surface area contributed by atoms with E-state index in [0.717, 1.165) is 38.4 Å². The van der Waals surface area contributed by atoms with Crippen LogP contribution in [0.2, 0.25) is 0 Å². The third kappa shape index (κ3) is 4.17. The molecule has 0 aliphatic carbocycles. The molecular weight excluding hydrogens is 262 g/mol. The molecule has 0 radical (unpaired) electrons. The number of rotatable bonds is 5. The van der Waals surface area contributed by atoms with Crippen LogP contribution in [0.3, 0.4) is 0 Å². The number of hydrogen-bond donors (Lipinski definition) is 1. The van der Waals surface area contributed by atoms with Gasteiger partial charge in [0.25, 0.3) is 0 Å². The van der Waals surface area contributed by atoms with E-state index in [1.165, 1.54) is 0 Å². The van der Waals surface area contributed by atoms with Gasteiger partial charge in [-0.2, -0.15) is 0 Å². The van der Waals surface area contributed by atoms with Crippen molar-refractivity contribution in [2.24, 2.45) is 5.41 Å². The zero-order valence-electron chi connectivity index (χ0n) is 13.8. The van der Waals surface area contributed by atoms with Crippen molar-refractivity contribution in [1.29, 1.82) is 0 Å². The van der Waals surface area contributed by atoms with Gasteiger partial charge in [0.05, 0.1) is 0 Å². The van der Waals surface area contributed by atoms with Gasteiger partial charge in [-0.15, -0.1) is 0 Å². The van der Waals surface area contributed by atoms with Gasteiger partial charge in [0.2, 0.25) is 0 Å². The average Bonchev–Trinajstić information content (AvgIpc) is 2.47. The second kappa shape index (κ2) is 6.32. The zero-order chi connectivity index (χ0) is 15.5. The summed E-state index contributed by atoms with van der Waals surface area (Å²) < 4.78 is 0. The Morgan fingerprint density at radius 2 is 1.76 bits per heavy atom. The molecule has 2 heterocycles. The third-order valence-electron chi connectivity index (χ3n) is 4.45. The molecule has 118 valence electrons. The minimum atomic E-state index is -0.0262. The van der Waals surface area contributed by atoms with Gasteiger partial charge < -0.3 is 10.0 Å². The van der Waals surface area contributed by atoms with Crippen LogP contribution in [0.25, 0.3) is 0 Å². The van der Waals surface area contributed by atoms with Gasteiger partial charge in [-0.05, 0) is 37.8 Å². The van der Waals surface area contributed by atoms with Crippen LogP contribution in [0, 0.1) is 5.41 Å². The summed E-state index contributed by atoms with van der Waals surface area (Å²) in [7, 11) is 0. The topological polar surface area (TPSA) is 39.6 Å². The molecule has 1 aliphatic heterocycles. The molecule has 0 aromatic carbocycles. The Balaban J connectivity index is 1.94. The van der Waals surface area contributed by atoms with E-state index in [1.807, 2.05) is 18.3 Å². The first-order valence-corrected chi connectivity index (χ1v) is 7.86. The molecule has 1 aromatic rings. The third-order valence-corrected chi connectivity index (χ3v) is 4.45. The van der Waals surface area contributed by atoms with E-state index in [0.29, 0.717) is 0 Å². The lowest BCUT2D eigenvalue weighted by Gasteiger charge is -2.47. The van der Waals surface area contributed by atoms with Crippen molar-refractivity contribution in [3.05, 3.63) is 24.4 Å². The van der Waals surface area contributed by atoms with Crippen molar-refractivity contribution in [3.63, 3.8) is 0 Å². The SMILES string of the molecule is CC(C)(CO)CC(C)(C)N1CCN(c2ccccn2)CC1. The molecule has 0 spiro atoms. The van der Waals surface area contributed by atoms with E-state index in [2.05, 4.69) is 48.5 Å². The first kappa shape index (κ1) is 16.2. The predicted octanol–water partition coefficient (Wildman–Crippen LogP) is 2.39. The molecule has 1 aromatic heterocycles. The van der Waals surface area contributed by atoms with Crippen LogP contribution >= 0.6 is 0 Å². The first-order valence-electron chi connectivity index (χ1n) is 7.86. The maximum atomic E-state index is 9.51. The second-order valence-electron chi connectivity index (χ2n) is 7.47. The van der Waals surface area contributed by atoms with E-state index >= 15 is 0 Å². The van der Waals surface area contributed by atoms with Crippen molar-refractivity contribution in [3.8, 4) is 0 Å². The summed E-state index contributed by atoms with van der Waals surface area (Å²) in [6.45, 7) is 13.2. The van der Waals surface area contributed by atoms with E-state index < -0.39 is 0 Å². The summed E-state index contributed by atoms with van der Waals surface area (Å²) in [5, 5.41) is 9.51. The normalized spacial score (nSPS) is 18.0. The molecule has 0 saturated carbocycles. The summed E-state index contributed by atoms with van der Waals surface area (Å²) in [4.78, 5) is 9.33. The van der Waals surface area contributed by atoms with Gasteiger partial charge in [0.15, 0.2) is 0 Å². The largest absolute Gasteiger partial charge is 0.396 e. The number of aromatic nitrogens is 1. The van der Waals surface area contributed by atoms with Crippen LogP contribution in [0.5, 0.6) is 0 Å². The van der Waals surface area contributed by atoms with E-state index in [9.17, 15) is 5.11 Å². The molecule has 0 atom stereocenters. The maximum absolute atomic E-state index is 9.51. The monoisotopic (exact) mass is 291 g/mol. The van der Waals surface area contributed by atoms with E-state index in [1.54, 1.807) is 0 Å². The Morgan fingerprint density at radius 3 is 2.29 bits per heavy atom. The van der Waals surface area contributed by atoms with Gasteiger partial charge >= 0.3 is 0 Å². The summed E-state index contributed by atoms with van der Waals surface area (Å²) in [5.41, 5.74) is 0.0874. The van der Waals surface area contributed by atoms with Crippen LogP contribution in [0.1, 0.15) is 34.1 Å². The lowest BCUT2D eigenvalue weighted by Crippen LogP contribution is -2.56. The average molecular weight is 291 g/mol. The quantitative estimate of drug-likeness (QED) is 0.904. The first-order chi connectivity index (χ1) is 9.84. The lowest BCUT2D eigenvalue weighted by molar-refractivity contribution is 0.0413. The fourth-order valence-electron chi connectivity index (χ4n) is 3.42. The van der Waals surface area contributed by atoms with Crippen LogP contribution in [0.15, 0.2) is 24.4 Å². The number of anilines is 1. The highest BCUT2D eigenvalue weighted by Crippen LogP contribution is 2.32. The Bertz CT molecular complexity index is 437. The molecule has 1 saturated heterocycles. The highest BCUT2D eigenvalue weighted by molar-refractivity contribution is 5.38. The number of hydrogen-bond acceptors (Lipinski definition) is 4. The van der Waals surface area contributed by atoms with E-state index in [-0.39, 0.29) is 17.6 Å². The molecule has 0 amide bonds. The molecule has 0 unspecified atom stereocenters. The highest BCUT2D eigenvalue weighted by Gasteiger charge is 2.35. The fourth-order valence-corrected chi connectivity index (χ4v) is 3.42. The van der Waals surface area contributed by atoms with Gasteiger partial charge in [0, 0.05) is 44.5 Å². The minimum Gasteiger partial charge on any atom is -0.396 e. The smallest absolute Gasteiger partial charge is 0.128 e. The molecule has 1 N–H and O–H groups in total. The molecular formula is C17H29N3O. The highest BCUT2D eigenvalue weighted by atomic mass is 16.3. The lowest BCUT2D eigenvalue weighted by atomic mass is 9.79. The van der Waals surface area contributed by atoms with Gasteiger partial charge in [0.1, 0.15) is 5.82 Å². The molecule has 1 fully saturated rings. The zero-order valence-corrected chi connectivity index (χ0v) is 13.8. The Morgan fingerprint density at radius 1 is 1.10 bits per heavy atom. The van der Waals surface area contributed by atoms with Crippen molar-refractivity contribution < 1.29 is 5.11 Å². The number of aliphatic hydroxyl groups excluding tert-OH is 1. The summed E-state index contributed by atoms with van der Waals surface area (Å²) >= 11 is 0. The molecule has 1 aliphatic rings. The summed E-state index contributed by atoms with van der Waals surface area (Å²) in [6.07, 6.45) is 2.86. The van der Waals surface area contributed by atoms with Gasteiger partial charge in [-0.25, -0.2) is 4.98 Å². The summed E-state index contributed by atoms with van der Waals surface area (Å²) in [5.74, 6) is 1.07. The number of nitrogens with zero attached hydrogens (tertiary/aromatic N) is 3. The number of pyridine rings is 1. The molecule has 4 nitrogen and oxygen atoms in total. The van der Waals surface area contributed by atoms with Crippen LogP contribution in [-0.2, 0) is 0 Å². The Labute approximate surface area is 128 Å².